The zero-order chi connectivity index (χ0) is 20.8. The van der Waals surface area contributed by atoms with E-state index >= 15 is 0 Å². The average Bonchev–Trinajstić information content (AvgIpc) is 3.49. The Kier molecular flexibility index (Phi) is 4.64. The molecule has 2 aliphatic heterocycles. The number of nitrogens with one attached hydrogen (secondary N) is 1. The number of aromatic nitrogens is 3. The Labute approximate surface area is 174 Å². The number of carbonyl (C=O) groups excluding carboxylic acids is 2. The molecule has 156 valence electrons. The van der Waals surface area contributed by atoms with E-state index in [1.807, 2.05) is 11.8 Å². The quantitative estimate of drug-likeness (QED) is 0.836. The van der Waals surface area contributed by atoms with E-state index in [9.17, 15) is 14.4 Å². The molecule has 0 radical (unpaired) electrons. The molecule has 1 atom stereocenters. The standard InChI is InChI=1S/C22H25N5O3/c1-13-11-23-8-6-15(13)22(30)26-10-7-17-16(12-26)20(28)25-19(24-17)18-3-2-9-27(18)21(29)14-4-5-14/h6,8,11,14,18H,2-5,7,9-10,12H2,1H3,(H,24,25,28)/t18-/m0/s1. The molecule has 2 aromatic rings. The predicted octanol–water partition coefficient (Wildman–Crippen LogP) is 1.75. The molecule has 0 unspecified atom stereocenters. The number of nitrogens with zero attached hydrogens (tertiary/aromatic N) is 4. The fourth-order valence-electron chi connectivity index (χ4n) is 4.54. The molecule has 4 heterocycles. The summed E-state index contributed by atoms with van der Waals surface area (Å²) in [6.45, 7) is 3.34. The van der Waals surface area contributed by atoms with Gasteiger partial charge in [-0.2, -0.15) is 0 Å². The van der Waals surface area contributed by atoms with Gasteiger partial charge in [-0.15, -0.1) is 0 Å². The van der Waals surface area contributed by atoms with Gasteiger partial charge in [0.2, 0.25) is 5.91 Å². The summed E-state index contributed by atoms with van der Waals surface area (Å²) < 4.78 is 0. The first-order valence-corrected chi connectivity index (χ1v) is 10.6. The van der Waals surface area contributed by atoms with Crippen molar-refractivity contribution in [2.45, 2.75) is 51.6 Å². The van der Waals surface area contributed by atoms with Crippen molar-refractivity contribution in [2.75, 3.05) is 13.1 Å². The summed E-state index contributed by atoms with van der Waals surface area (Å²) in [5, 5.41) is 0. The first kappa shape index (κ1) is 19.0. The van der Waals surface area contributed by atoms with E-state index in [-0.39, 0.29) is 35.9 Å². The van der Waals surface area contributed by atoms with Crippen LogP contribution in [0.1, 0.15) is 64.7 Å². The minimum atomic E-state index is -0.204. The van der Waals surface area contributed by atoms with Gasteiger partial charge in [0.15, 0.2) is 0 Å². The van der Waals surface area contributed by atoms with Gasteiger partial charge in [0.05, 0.1) is 23.8 Å². The van der Waals surface area contributed by atoms with Crippen molar-refractivity contribution >= 4 is 11.8 Å². The minimum Gasteiger partial charge on any atom is -0.334 e. The van der Waals surface area contributed by atoms with Crippen LogP contribution in [0.3, 0.4) is 0 Å². The number of likely N-dealkylation sites (tertiary alicyclic amines) is 1. The van der Waals surface area contributed by atoms with Gasteiger partial charge < -0.3 is 14.8 Å². The molecular formula is C22H25N5O3. The van der Waals surface area contributed by atoms with Crippen molar-refractivity contribution in [3.8, 4) is 0 Å². The van der Waals surface area contributed by atoms with E-state index in [0.717, 1.165) is 43.5 Å². The van der Waals surface area contributed by atoms with Crippen LogP contribution < -0.4 is 5.56 Å². The number of aryl methyl sites for hydroxylation is 1. The Hall–Kier alpha value is -3.03. The summed E-state index contributed by atoms with van der Waals surface area (Å²) in [5.41, 5.74) is 2.51. The van der Waals surface area contributed by atoms with Crippen LogP contribution in [0, 0.1) is 12.8 Å². The van der Waals surface area contributed by atoms with Crippen LogP contribution in [-0.2, 0) is 17.8 Å². The second-order valence-electron chi connectivity index (χ2n) is 8.51. The van der Waals surface area contributed by atoms with Crippen molar-refractivity contribution < 1.29 is 9.59 Å². The molecule has 2 fully saturated rings. The average molecular weight is 407 g/mol. The Morgan fingerprint density at radius 3 is 2.80 bits per heavy atom. The molecule has 30 heavy (non-hydrogen) atoms. The van der Waals surface area contributed by atoms with E-state index < -0.39 is 0 Å². The molecule has 2 amide bonds. The first-order valence-electron chi connectivity index (χ1n) is 10.6. The number of pyridine rings is 1. The smallest absolute Gasteiger partial charge is 0.256 e. The maximum atomic E-state index is 12.9. The SMILES string of the molecule is Cc1cnccc1C(=O)N1CCc2nc([C@@H]3CCCN3C(=O)C3CC3)[nH]c(=O)c2C1. The first-order chi connectivity index (χ1) is 14.5. The Balaban J connectivity index is 1.39. The van der Waals surface area contributed by atoms with Crippen LogP contribution in [-0.4, -0.2) is 49.7 Å². The maximum absolute atomic E-state index is 12.9. The van der Waals surface area contributed by atoms with Gasteiger partial charge in [0.25, 0.3) is 11.5 Å². The van der Waals surface area contributed by atoms with Crippen LogP contribution >= 0.6 is 0 Å². The van der Waals surface area contributed by atoms with Crippen LogP contribution in [0.4, 0.5) is 0 Å². The number of fused-ring (bicyclic) bond motifs is 1. The Morgan fingerprint density at radius 2 is 2.03 bits per heavy atom. The molecular weight excluding hydrogens is 382 g/mol. The Morgan fingerprint density at radius 1 is 1.20 bits per heavy atom. The van der Waals surface area contributed by atoms with Crippen molar-refractivity contribution in [1.82, 2.24) is 24.8 Å². The normalized spacial score (nSPS) is 20.9. The molecule has 0 spiro atoms. The Bertz CT molecular complexity index is 1070. The zero-order valence-corrected chi connectivity index (χ0v) is 17.1. The maximum Gasteiger partial charge on any atom is 0.256 e. The van der Waals surface area contributed by atoms with Gasteiger partial charge in [-0.3, -0.25) is 19.4 Å². The second kappa shape index (κ2) is 7.34. The molecule has 8 heteroatoms. The highest BCUT2D eigenvalue weighted by Crippen LogP contribution is 2.37. The van der Waals surface area contributed by atoms with Crippen molar-refractivity contribution in [1.29, 1.82) is 0 Å². The third kappa shape index (κ3) is 3.30. The van der Waals surface area contributed by atoms with Crippen LogP contribution in [0.15, 0.2) is 23.3 Å². The number of carbonyl (C=O) groups is 2. The minimum absolute atomic E-state index is 0.0963. The van der Waals surface area contributed by atoms with Gasteiger partial charge in [0.1, 0.15) is 5.82 Å². The van der Waals surface area contributed by atoms with Crippen LogP contribution in [0.5, 0.6) is 0 Å². The van der Waals surface area contributed by atoms with Gasteiger partial charge in [-0.1, -0.05) is 0 Å². The monoisotopic (exact) mass is 407 g/mol. The molecule has 8 nitrogen and oxygen atoms in total. The van der Waals surface area contributed by atoms with E-state index in [0.29, 0.717) is 29.9 Å². The molecule has 3 aliphatic rings. The topological polar surface area (TPSA) is 99.3 Å². The highest BCUT2D eigenvalue weighted by Gasteiger charge is 2.40. The van der Waals surface area contributed by atoms with Gasteiger partial charge in [-0.05, 0) is 44.2 Å². The second-order valence-corrected chi connectivity index (χ2v) is 8.51. The number of rotatable bonds is 3. The summed E-state index contributed by atoms with van der Waals surface area (Å²) in [6.07, 6.45) is 7.50. The molecule has 1 saturated carbocycles. The molecule has 0 bridgehead atoms. The van der Waals surface area contributed by atoms with Gasteiger partial charge in [0, 0.05) is 43.4 Å². The predicted molar refractivity (Wildman–Crippen MR) is 109 cm³/mol. The number of H-pyrrole nitrogens is 1. The van der Waals surface area contributed by atoms with Gasteiger partial charge in [-0.25, -0.2) is 4.98 Å². The lowest BCUT2D eigenvalue weighted by Gasteiger charge is -2.29. The van der Waals surface area contributed by atoms with E-state index in [1.165, 1.54) is 0 Å². The number of amides is 2. The number of aromatic amines is 1. The summed E-state index contributed by atoms with van der Waals surface area (Å²) in [4.78, 5) is 53.7. The van der Waals surface area contributed by atoms with E-state index in [4.69, 9.17) is 4.98 Å². The lowest BCUT2D eigenvalue weighted by atomic mass is 10.0. The molecule has 5 rings (SSSR count). The molecule has 1 saturated heterocycles. The lowest BCUT2D eigenvalue weighted by molar-refractivity contribution is -0.133. The largest absolute Gasteiger partial charge is 0.334 e. The highest BCUT2D eigenvalue weighted by atomic mass is 16.2. The molecule has 1 aliphatic carbocycles. The third-order valence-electron chi connectivity index (χ3n) is 6.40. The summed E-state index contributed by atoms with van der Waals surface area (Å²) >= 11 is 0. The number of hydrogen-bond acceptors (Lipinski definition) is 5. The van der Waals surface area contributed by atoms with Gasteiger partial charge >= 0.3 is 0 Å². The van der Waals surface area contributed by atoms with Crippen LogP contribution in [0.2, 0.25) is 0 Å². The van der Waals surface area contributed by atoms with Crippen molar-refractivity contribution in [3.63, 3.8) is 0 Å². The summed E-state index contributed by atoms with van der Waals surface area (Å²) in [6, 6.07) is 1.57. The van der Waals surface area contributed by atoms with Crippen LogP contribution in [0.25, 0.3) is 0 Å². The fraction of sp³-hybridized carbons (Fsp3) is 0.500. The number of hydrogen-bond donors (Lipinski definition) is 1. The van der Waals surface area contributed by atoms with E-state index in [2.05, 4.69) is 9.97 Å². The van der Waals surface area contributed by atoms with Crippen molar-refractivity contribution in [2.24, 2.45) is 5.92 Å². The molecule has 2 aromatic heterocycles. The van der Waals surface area contributed by atoms with E-state index in [1.54, 1.807) is 23.4 Å². The zero-order valence-electron chi connectivity index (χ0n) is 17.1. The summed E-state index contributed by atoms with van der Waals surface area (Å²) in [5.74, 6) is 0.851. The lowest BCUT2D eigenvalue weighted by Crippen LogP contribution is -2.41. The fourth-order valence-corrected chi connectivity index (χ4v) is 4.54. The molecule has 1 N–H and O–H groups in total. The summed E-state index contributed by atoms with van der Waals surface area (Å²) in [7, 11) is 0. The third-order valence-corrected chi connectivity index (χ3v) is 6.40. The van der Waals surface area contributed by atoms with Crippen molar-refractivity contribution in [3.05, 3.63) is 57.0 Å². The molecule has 0 aromatic carbocycles. The highest BCUT2D eigenvalue weighted by molar-refractivity contribution is 5.95.